The molecule has 0 aliphatic rings. The highest BCUT2D eigenvalue weighted by Crippen LogP contribution is 2.25. The van der Waals surface area contributed by atoms with Crippen molar-refractivity contribution in [2.24, 2.45) is 0 Å². The molecule has 0 bridgehead atoms. The molecule has 1 aromatic heterocycles. The van der Waals surface area contributed by atoms with Gasteiger partial charge in [0.15, 0.2) is 0 Å². The molecule has 0 aliphatic carbocycles. The number of rotatable bonds is 7. The molecule has 0 radical (unpaired) electrons. The molecular weight excluding hydrogens is 392 g/mol. The number of aromatic nitrogens is 2. The highest BCUT2D eigenvalue weighted by atomic mass is 79.9. The Bertz CT molecular complexity index is 793. The quantitative estimate of drug-likeness (QED) is 0.419. The van der Waals surface area contributed by atoms with E-state index in [-0.39, 0.29) is 0 Å². The number of halogens is 1. The highest BCUT2D eigenvalue weighted by molar-refractivity contribution is 9.10. The summed E-state index contributed by atoms with van der Waals surface area (Å²) in [7, 11) is 1.63. The summed E-state index contributed by atoms with van der Waals surface area (Å²) in [6, 6.07) is 15.2. The molecule has 0 saturated heterocycles. The molecule has 24 heavy (non-hydrogen) atoms. The number of ether oxygens (including phenoxy) is 2. The van der Waals surface area contributed by atoms with Crippen LogP contribution in [-0.4, -0.2) is 29.7 Å². The zero-order chi connectivity index (χ0) is 16.8. The van der Waals surface area contributed by atoms with Gasteiger partial charge in [-0.1, -0.05) is 33.8 Å². The third-order valence-electron chi connectivity index (χ3n) is 3.12. The fourth-order valence-electron chi connectivity index (χ4n) is 1.96. The Morgan fingerprint density at radius 2 is 1.92 bits per heavy atom. The van der Waals surface area contributed by atoms with Crippen molar-refractivity contribution in [3.8, 4) is 23.0 Å². The van der Waals surface area contributed by atoms with Gasteiger partial charge in [-0.25, -0.2) is 0 Å². The maximum absolute atomic E-state index is 5.67. The maximum Gasteiger partial charge on any atom is 0.276 e. The van der Waals surface area contributed by atoms with E-state index in [9.17, 15) is 0 Å². The number of methoxy groups -OCH3 is 1. The summed E-state index contributed by atoms with van der Waals surface area (Å²) in [5, 5.41) is 8.64. The standard InChI is InChI=1S/C17H15BrN2O3S/c1-21-14-7-5-12(6-8-14)16-19-20-17(23-16)24-10-9-22-15-4-2-3-13(18)11-15/h2-8,11H,9-10H2,1H3. The van der Waals surface area contributed by atoms with Gasteiger partial charge in [0.2, 0.25) is 5.89 Å². The second-order valence-electron chi connectivity index (χ2n) is 4.76. The Hall–Kier alpha value is -1.99. The number of thioether (sulfide) groups is 1. The van der Waals surface area contributed by atoms with Crippen LogP contribution in [0.1, 0.15) is 0 Å². The smallest absolute Gasteiger partial charge is 0.276 e. The molecule has 0 unspecified atom stereocenters. The molecule has 3 rings (SSSR count). The van der Waals surface area contributed by atoms with Gasteiger partial charge in [-0.05, 0) is 42.5 Å². The van der Waals surface area contributed by atoms with Crippen LogP contribution in [0.25, 0.3) is 11.5 Å². The SMILES string of the molecule is COc1ccc(-c2nnc(SCCOc3cccc(Br)c3)o2)cc1. The third kappa shape index (κ3) is 4.52. The minimum absolute atomic E-state index is 0.494. The summed E-state index contributed by atoms with van der Waals surface area (Å²) in [5.74, 6) is 2.83. The van der Waals surface area contributed by atoms with Crippen LogP contribution < -0.4 is 9.47 Å². The molecule has 5 nitrogen and oxygen atoms in total. The van der Waals surface area contributed by atoms with Crippen LogP contribution in [0.2, 0.25) is 0 Å². The van der Waals surface area contributed by atoms with Crippen molar-refractivity contribution in [1.29, 1.82) is 0 Å². The number of hydrogen-bond donors (Lipinski definition) is 0. The van der Waals surface area contributed by atoms with Gasteiger partial charge in [-0.2, -0.15) is 0 Å². The predicted molar refractivity (Wildman–Crippen MR) is 96.6 cm³/mol. The number of nitrogens with zero attached hydrogens (tertiary/aromatic N) is 2. The Morgan fingerprint density at radius 1 is 1.08 bits per heavy atom. The lowest BCUT2D eigenvalue weighted by Crippen LogP contribution is -1.99. The molecule has 0 saturated carbocycles. The molecule has 3 aromatic rings. The lowest BCUT2D eigenvalue weighted by atomic mass is 10.2. The summed E-state index contributed by atoms with van der Waals surface area (Å²) in [5.41, 5.74) is 0.862. The zero-order valence-electron chi connectivity index (χ0n) is 12.9. The van der Waals surface area contributed by atoms with Gasteiger partial charge >= 0.3 is 0 Å². The Kier molecular flexibility index (Phi) is 5.77. The number of hydrogen-bond acceptors (Lipinski definition) is 6. The van der Waals surface area contributed by atoms with Crippen LogP contribution in [0.3, 0.4) is 0 Å². The molecular formula is C17H15BrN2O3S. The first kappa shape index (κ1) is 16.9. The average Bonchev–Trinajstić information content (AvgIpc) is 3.08. The van der Waals surface area contributed by atoms with E-state index in [1.807, 2.05) is 48.5 Å². The first-order valence-corrected chi connectivity index (χ1v) is 9.01. The summed E-state index contributed by atoms with van der Waals surface area (Å²) in [4.78, 5) is 0. The van der Waals surface area contributed by atoms with Crippen LogP contribution in [-0.2, 0) is 0 Å². The molecule has 0 aliphatic heterocycles. The van der Waals surface area contributed by atoms with E-state index in [0.29, 0.717) is 17.7 Å². The van der Waals surface area contributed by atoms with E-state index in [4.69, 9.17) is 13.9 Å². The molecule has 0 fully saturated rings. The van der Waals surface area contributed by atoms with E-state index < -0.39 is 0 Å². The van der Waals surface area contributed by atoms with Crippen molar-refractivity contribution in [3.63, 3.8) is 0 Å². The van der Waals surface area contributed by atoms with E-state index >= 15 is 0 Å². The van der Waals surface area contributed by atoms with Crippen molar-refractivity contribution in [2.45, 2.75) is 5.22 Å². The minimum Gasteiger partial charge on any atom is -0.497 e. The van der Waals surface area contributed by atoms with Crippen molar-refractivity contribution < 1.29 is 13.9 Å². The molecule has 124 valence electrons. The largest absolute Gasteiger partial charge is 0.497 e. The normalized spacial score (nSPS) is 10.6. The van der Waals surface area contributed by atoms with E-state index in [1.54, 1.807) is 7.11 Å². The second-order valence-corrected chi connectivity index (χ2v) is 6.72. The van der Waals surface area contributed by atoms with Crippen LogP contribution in [0, 0.1) is 0 Å². The van der Waals surface area contributed by atoms with Gasteiger partial charge < -0.3 is 13.9 Å². The van der Waals surface area contributed by atoms with E-state index in [0.717, 1.165) is 27.3 Å². The Balaban J connectivity index is 1.50. The minimum atomic E-state index is 0.494. The first-order chi connectivity index (χ1) is 11.7. The van der Waals surface area contributed by atoms with Crippen LogP contribution in [0.15, 0.2) is 62.6 Å². The first-order valence-electron chi connectivity index (χ1n) is 7.24. The monoisotopic (exact) mass is 406 g/mol. The molecule has 2 aromatic carbocycles. The third-order valence-corrected chi connectivity index (χ3v) is 4.39. The van der Waals surface area contributed by atoms with Crippen LogP contribution in [0.4, 0.5) is 0 Å². The zero-order valence-corrected chi connectivity index (χ0v) is 15.3. The molecule has 0 atom stereocenters. The van der Waals surface area contributed by atoms with Gasteiger partial charge in [0.25, 0.3) is 5.22 Å². The van der Waals surface area contributed by atoms with Gasteiger partial charge in [-0.15, -0.1) is 10.2 Å². The van der Waals surface area contributed by atoms with E-state index in [2.05, 4.69) is 26.1 Å². The average molecular weight is 407 g/mol. The molecule has 0 spiro atoms. The topological polar surface area (TPSA) is 57.4 Å². The molecule has 7 heteroatoms. The number of benzene rings is 2. The van der Waals surface area contributed by atoms with Crippen molar-refractivity contribution >= 4 is 27.7 Å². The van der Waals surface area contributed by atoms with Gasteiger partial charge in [0.1, 0.15) is 11.5 Å². The fourth-order valence-corrected chi connectivity index (χ4v) is 2.92. The van der Waals surface area contributed by atoms with Crippen molar-refractivity contribution in [1.82, 2.24) is 10.2 Å². The Labute approximate surface area is 152 Å². The lowest BCUT2D eigenvalue weighted by molar-refractivity contribution is 0.343. The van der Waals surface area contributed by atoms with E-state index in [1.165, 1.54) is 11.8 Å². The summed E-state index contributed by atoms with van der Waals surface area (Å²) >= 11 is 4.88. The van der Waals surface area contributed by atoms with Crippen LogP contribution in [0.5, 0.6) is 11.5 Å². The molecule has 1 heterocycles. The predicted octanol–water partition coefficient (Wildman–Crippen LogP) is 4.68. The maximum atomic E-state index is 5.67. The summed E-state index contributed by atoms with van der Waals surface area (Å²) in [6.45, 7) is 0.557. The Morgan fingerprint density at radius 3 is 2.67 bits per heavy atom. The lowest BCUT2D eigenvalue weighted by Gasteiger charge is -2.04. The molecule has 0 amide bonds. The van der Waals surface area contributed by atoms with Crippen LogP contribution >= 0.6 is 27.7 Å². The summed E-state index contributed by atoms with van der Waals surface area (Å²) in [6.07, 6.45) is 0. The van der Waals surface area contributed by atoms with Gasteiger partial charge in [0, 0.05) is 15.8 Å². The fraction of sp³-hybridized carbons (Fsp3) is 0.176. The molecule has 0 N–H and O–H groups in total. The van der Waals surface area contributed by atoms with Crippen molar-refractivity contribution in [2.75, 3.05) is 19.5 Å². The summed E-state index contributed by atoms with van der Waals surface area (Å²) < 4.78 is 17.4. The van der Waals surface area contributed by atoms with Crippen molar-refractivity contribution in [3.05, 3.63) is 53.0 Å². The van der Waals surface area contributed by atoms with Gasteiger partial charge in [0.05, 0.1) is 13.7 Å². The van der Waals surface area contributed by atoms with Gasteiger partial charge in [-0.3, -0.25) is 0 Å². The second kappa shape index (κ2) is 8.21. The highest BCUT2D eigenvalue weighted by Gasteiger charge is 2.09.